The summed E-state index contributed by atoms with van der Waals surface area (Å²) in [5, 5.41) is 11.0. The van der Waals surface area contributed by atoms with E-state index in [2.05, 4.69) is 0 Å². The van der Waals surface area contributed by atoms with E-state index in [1.165, 1.54) is 54.9 Å². The molecule has 204 valence electrons. The van der Waals surface area contributed by atoms with E-state index in [-0.39, 0.29) is 40.9 Å². The Hall–Kier alpha value is -3.49. The molecule has 0 aliphatic carbocycles. The van der Waals surface area contributed by atoms with Gasteiger partial charge in [-0.15, -0.1) is 0 Å². The number of benzene rings is 2. The predicted octanol–water partition coefficient (Wildman–Crippen LogP) is 0.997. The van der Waals surface area contributed by atoms with Gasteiger partial charge in [-0.05, 0) is 42.3 Å². The SMILES string of the molecule is CN(CC(=O)N1CCC(O)(c2cccc(C(F)(F)F)c2)C1)S(=O)(=O)c1ccc2c(c1)c(=O)n(C)c(=O)n2C. The second kappa shape index (κ2) is 9.36. The zero-order valence-corrected chi connectivity index (χ0v) is 21.5. The van der Waals surface area contributed by atoms with Crippen LogP contribution >= 0.6 is 0 Å². The van der Waals surface area contributed by atoms with E-state index in [1.54, 1.807) is 0 Å². The Bertz CT molecular complexity index is 1660. The number of rotatable bonds is 5. The summed E-state index contributed by atoms with van der Waals surface area (Å²) in [6.45, 7) is -0.898. The molecule has 1 fully saturated rings. The maximum atomic E-state index is 13.2. The van der Waals surface area contributed by atoms with Gasteiger partial charge in [0.1, 0.15) is 5.60 Å². The molecule has 2 aromatic carbocycles. The van der Waals surface area contributed by atoms with Gasteiger partial charge < -0.3 is 10.0 Å². The topological polar surface area (TPSA) is 122 Å². The minimum atomic E-state index is -4.60. The third-order valence-corrected chi connectivity index (χ3v) is 8.63. The van der Waals surface area contributed by atoms with Crippen LogP contribution in [0.25, 0.3) is 10.9 Å². The molecule has 4 rings (SSSR count). The average molecular weight is 555 g/mol. The molecule has 2 heterocycles. The predicted molar refractivity (Wildman–Crippen MR) is 131 cm³/mol. The lowest BCUT2D eigenvalue weighted by atomic mass is 9.91. The molecule has 14 heteroatoms. The Morgan fingerprint density at radius 1 is 1.11 bits per heavy atom. The molecule has 1 amide bonds. The minimum Gasteiger partial charge on any atom is -0.383 e. The fraction of sp³-hybridized carbons (Fsp3) is 0.375. The molecule has 3 aromatic rings. The van der Waals surface area contributed by atoms with Crippen LogP contribution in [-0.2, 0) is 40.7 Å². The summed E-state index contributed by atoms with van der Waals surface area (Å²) < 4.78 is 68.5. The van der Waals surface area contributed by atoms with Crippen LogP contribution in [0.4, 0.5) is 13.2 Å². The number of aromatic nitrogens is 2. The minimum absolute atomic E-state index is 0.00101. The second-order valence-electron chi connectivity index (χ2n) is 9.32. The van der Waals surface area contributed by atoms with Gasteiger partial charge in [-0.2, -0.15) is 17.5 Å². The lowest BCUT2D eigenvalue weighted by Crippen LogP contribution is -2.41. The van der Waals surface area contributed by atoms with Crippen LogP contribution in [0.3, 0.4) is 0 Å². The first-order valence-electron chi connectivity index (χ1n) is 11.4. The van der Waals surface area contributed by atoms with E-state index < -0.39 is 51.1 Å². The third-order valence-electron chi connectivity index (χ3n) is 6.83. The highest BCUT2D eigenvalue weighted by Crippen LogP contribution is 2.36. The lowest BCUT2D eigenvalue weighted by molar-refractivity contribution is -0.138. The normalized spacial score (nSPS) is 18.5. The average Bonchev–Trinajstić information content (AvgIpc) is 3.28. The van der Waals surface area contributed by atoms with Crippen molar-refractivity contribution in [1.29, 1.82) is 0 Å². The molecule has 0 saturated carbocycles. The summed E-state index contributed by atoms with van der Waals surface area (Å²) in [4.78, 5) is 38.5. The van der Waals surface area contributed by atoms with Crippen LogP contribution in [0.2, 0.25) is 0 Å². The van der Waals surface area contributed by atoms with Crippen molar-refractivity contribution in [2.45, 2.75) is 23.1 Å². The van der Waals surface area contributed by atoms with Crippen molar-refractivity contribution in [1.82, 2.24) is 18.3 Å². The Kier molecular flexibility index (Phi) is 6.78. The van der Waals surface area contributed by atoms with Crippen LogP contribution in [0.1, 0.15) is 17.5 Å². The summed E-state index contributed by atoms with van der Waals surface area (Å²) in [6, 6.07) is 7.93. The smallest absolute Gasteiger partial charge is 0.383 e. The molecule has 0 bridgehead atoms. The molecular formula is C24H25F3N4O6S. The van der Waals surface area contributed by atoms with Gasteiger partial charge in [-0.1, -0.05) is 12.1 Å². The van der Waals surface area contributed by atoms with E-state index in [0.717, 1.165) is 27.1 Å². The summed E-state index contributed by atoms with van der Waals surface area (Å²) in [5.41, 5.74) is -3.65. The quantitative estimate of drug-likeness (QED) is 0.502. The molecule has 38 heavy (non-hydrogen) atoms. The van der Waals surface area contributed by atoms with Gasteiger partial charge in [-0.3, -0.25) is 18.7 Å². The first-order chi connectivity index (χ1) is 17.6. The number of β-amino-alcohol motifs (C(OH)–C–C–N with tert-alkyl or cyclic N) is 1. The van der Waals surface area contributed by atoms with Gasteiger partial charge in [0.2, 0.25) is 15.9 Å². The number of carbonyl (C=O) groups excluding carboxylic acids is 1. The van der Waals surface area contributed by atoms with Crippen molar-refractivity contribution in [2.75, 3.05) is 26.7 Å². The number of fused-ring (bicyclic) bond motifs is 1. The highest BCUT2D eigenvalue weighted by Gasteiger charge is 2.41. The van der Waals surface area contributed by atoms with Crippen molar-refractivity contribution in [3.05, 3.63) is 74.4 Å². The third kappa shape index (κ3) is 4.74. The maximum absolute atomic E-state index is 13.2. The maximum Gasteiger partial charge on any atom is 0.416 e. The van der Waals surface area contributed by atoms with Crippen LogP contribution in [-0.4, -0.2) is 64.5 Å². The Morgan fingerprint density at radius 3 is 2.45 bits per heavy atom. The van der Waals surface area contributed by atoms with E-state index in [9.17, 15) is 41.1 Å². The fourth-order valence-electron chi connectivity index (χ4n) is 4.52. The van der Waals surface area contributed by atoms with Crippen LogP contribution in [0.15, 0.2) is 56.9 Å². The van der Waals surface area contributed by atoms with Gasteiger partial charge in [0, 0.05) is 27.7 Å². The largest absolute Gasteiger partial charge is 0.416 e. The van der Waals surface area contributed by atoms with Crippen LogP contribution in [0.5, 0.6) is 0 Å². The molecule has 10 nitrogen and oxygen atoms in total. The van der Waals surface area contributed by atoms with Crippen molar-refractivity contribution in [2.24, 2.45) is 14.1 Å². The summed E-state index contributed by atoms with van der Waals surface area (Å²) in [6.07, 6.45) is -4.62. The number of amides is 1. The van der Waals surface area contributed by atoms with Crippen LogP contribution < -0.4 is 11.2 Å². The number of hydrogen-bond donors (Lipinski definition) is 1. The molecular weight excluding hydrogens is 529 g/mol. The number of hydrogen-bond acceptors (Lipinski definition) is 6. The Labute approximate surface area is 215 Å². The molecule has 1 saturated heterocycles. The lowest BCUT2D eigenvalue weighted by Gasteiger charge is -2.26. The highest BCUT2D eigenvalue weighted by molar-refractivity contribution is 7.89. The number of halogens is 3. The zero-order chi connectivity index (χ0) is 28.2. The number of likely N-dealkylation sites (N-methyl/N-ethyl adjacent to an activating group) is 1. The second-order valence-corrected chi connectivity index (χ2v) is 11.4. The molecule has 1 aromatic heterocycles. The van der Waals surface area contributed by atoms with Crippen molar-refractivity contribution in [3.8, 4) is 0 Å². The molecule has 1 aliphatic rings. The Morgan fingerprint density at radius 2 is 1.79 bits per heavy atom. The molecule has 1 aliphatic heterocycles. The molecule has 0 spiro atoms. The standard InChI is InChI=1S/C24H25F3N4O6S/c1-28(38(36,37)17-7-8-19-18(12-17)21(33)30(3)22(34)29(19)2)13-20(32)31-10-9-23(35,14-31)15-5-4-6-16(11-15)24(25,26)27/h4-8,11-12,35H,9-10,13-14H2,1-3H3. The number of sulfonamides is 1. The van der Waals surface area contributed by atoms with Gasteiger partial charge in [0.05, 0.1) is 34.5 Å². The van der Waals surface area contributed by atoms with Crippen molar-refractivity contribution in [3.63, 3.8) is 0 Å². The summed E-state index contributed by atoms with van der Waals surface area (Å²) >= 11 is 0. The van der Waals surface area contributed by atoms with E-state index in [4.69, 9.17) is 0 Å². The van der Waals surface area contributed by atoms with Gasteiger partial charge in [0.15, 0.2) is 0 Å². The number of aliphatic hydroxyl groups is 1. The zero-order valence-electron chi connectivity index (χ0n) is 20.7. The van der Waals surface area contributed by atoms with Crippen molar-refractivity contribution >= 4 is 26.8 Å². The molecule has 1 atom stereocenters. The molecule has 0 radical (unpaired) electrons. The van der Waals surface area contributed by atoms with E-state index >= 15 is 0 Å². The van der Waals surface area contributed by atoms with E-state index in [1.807, 2.05) is 0 Å². The van der Waals surface area contributed by atoms with Crippen molar-refractivity contribution < 1.29 is 31.5 Å². The van der Waals surface area contributed by atoms with Crippen LogP contribution in [0, 0.1) is 0 Å². The monoisotopic (exact) mass is 554 g/mol. The first kappa shape index (κ1) is 27.5. The Balaban J connectivity index is 1.54. The first-order valence-corrected chi connectivity index (χ1v) is 12.8. The summed E-state index contributed by atoms with van der Waals surface area (Å²) in [7, 11) is -0.361. The molecule has 1 unspecified atom stereocenters. The molecule has 1 N–H and O–H groups in total. The van der Waals surface area contributed by atoms with Gasteiger partial charge >= 0.3 is 11.9 Å². The number of nitrogens with zero attached hydrogens (tertiary/aromatic N) is 4. The highest BCUT2D eigenvalue weighted by atomic mass is 32.2. The summed E-state index contributed by atoms with van der Waals surface area (Å²) in [5.74, 6) is -0.655. The van der Waals surface area contributed by atoms with Gasteiger partial charge in [0.25, 0.3) is 5.56 Å². The fourth-order valence-corrected chi connectivity index (χ4v) is 5.66. The number of aryl methyl sites for hydroxylation is 1. The number of carbonyl (C=O) groups is 1. The van der Waals surface area contributed by atoms with E-state index in [0.29, 0.717) is 0 Å². The van der Waals surface area contributed by atoms with Gasteiger partial charge in [-0.25, -0.2) is 13.2 Å². The number of alkyl halides is 3. The number of likely N-dealkylation sites (tertiary alicyclic amines) is 1.